The monoisotopic (exact) mass is 329 g/mol. The number of carbonyl (C=O) groups excluding carboxylic acids is 1. The normalized spacial score (nSPS) is 10.9. The number of hydrogen-bond donors (Lipinski definition) is 1. The Kier molecular flexibility index (Phi) is 3.58. The van der Waals surface area contributed by atoms with Crippen molar-refractivity contribution in [1.29, 1.82) is 0 Å². The van der Waals surface area contributed by atoms with Crippen molar-refractivity contribution in [2.24, 2.45) is 0 Å². The minimum Gasteiger partial charge on any atom is -0.450 e. The summed E-state index contributed by atoms with van der Waals surface area (Å²) in [6, 6.07) is 19.9. The number of benzene rings is 3. The number of nitrogens with one attached hydrogen (secondary N) is 1. The molecule has 0 aliphatic heterocycles. The summed E-state index contributed by atoms with van der Waals surface area (Å²) in [6.07, 6.45) is 0. The number of amides is 1. The molecule has 4 aromatic rings. The van der Waals surface area contributed by atoms with Crippen molar-refractivity contribution < 1.29 is 9.21 Å². The van der Waals surface area contributed by atoms with Gasteiger partial charge in [0.25, 0.3) is 5.91 Å². The fourth-order valence-corrected chi connectivity index (χ4v) is 2.82. The molecule has 1 N–H and O–H groups in total. The van der Waals surface area contributed by atoms with E-state index in [-0.39, 0.29) is 11.2 Å². The number of rotatable bonds is 2. The summed E-state index contributed by atoms with van der Waals surface area (Å²) in [5, 5.41) is 4.98. The van der Waals surface area contributed by atoms with Crippen LogP contribution >= 0.6 is 0 Å². The zero-order valence-corrected chi connectivity index (χ0v) is 13.6. The Morgan fingerprint density at radius 3 is 2.48 bits per heavy atom. The Morgan fingerprint density at radius 1 is 0.920 bits per heavy atom. The number of anilines is 1. The van der Waals surface area contributed by atoms with Crippen LogP contribution < -0.4 is 10.7 Å². The molecule has 4 heteroatoms. The number of aryl methyl sites for hydroxylation is 1. The fourth-order valence-electron chi connectivity index (χ4n) is 2.82. The van der Waals surface area contributed by atoms with Gasteiger partial charge >= 0.3 is 0 Å². The largest absolute Gasteiger partial charge is 0.450 e. The maximum Gasteiger partial charge on any atom is 0.291 e. The molecule has 4 rings (SSSR count). The molecular formula is C21H15NO3. The molecule has 0 spiro atoms. The van der Waals surface area contributed by atoms with E-state index in [2.05, 4.69) is 5.32 Å². The highest BCUT2D eigenvalue weighted by atomic mass is 16.3. The molecule has 1 amide bonds. The molecule has 0 saturated carbocycles. The average Bonchev–Trinajstić information content (AvgIpc) is 2.63. The van der Waals surface area contributed by atoms with E-state index in [0.717, 1.165) is 16.3 Å². The van der Waals surface area contributed by atoms with Gasteiger partial charge < -0.3 is 9.73 Å². The van der Waals surface area contributed by atoms with Crippen LogP contribution in [0.5, 0.6) is 0 Å². The smallest absolute Gasteiger partial charge is 0.291 e. The quantitative estimate of drug-likeness (QED) is 0.551. The van der Waals surface area contributed by atoms with Crippen molar-refractivity contribution >= 4 is 33.3 Å². The van der Waals surface area contributed by atoms with E-state index in [1.165, 1.54) is 6.07 Å². The first-order valence-corrected chi connectivity index (χ1v) is 7.95. The Morgan fingerprint density at radius 2 is 1.68 bits per heavy atom. The van der Waals surface area contributed by atoms with Crippen LogP contribution in [0.15, 0.2) is 75.9 Å². The summed E-state index contributed by atoms with van der Waals surface area (Å²) in [4.78, 5) is 24.9. The molecule has 3 aromatic carbocycles. The van der Waals surface area contributed by atoms with Crippen molar-refractivity contribution in [3.63, 3.8) is 0 Å². The molecule has 4 nitrogen and oxygen atoms in total. The number of fused-ring (bicyclic) bond motifs is 3. The molecule has 122 valence electrons. The molecule has 0 radical (unpaired) electrons. The van der Waals surface area contributed by atoms with Gasteiger partial charge in [-0.15, -0.1) is 0 Å². The predicted octanol–water partition coefficient (Wildman–Crippen LogP) is 4.51. The molecule has 0 fully saturated rings. The highest BCUT2D eigenvalue weighted by molar-refractivity contribution is 6.07. The molecule has 0 bridgehead atoms. The third kappa shape index (κ3) is 2.78. The molecule has 0 aliphatic rings. The van der Waals surface area contributed by atoms with Gasteiger partial charge in [-0.2, -0.15) is 0 Å². The first-order chi connectivity index (χ1) is 12.1. The third-order valence-electron chi connectivity index (χ3n) is 4.15. The summed E-state index contributed by atoms with van der Waals surface area (Å²) in [7, 11) is 0. The van der Waals surface area contributed by atoms with Gasteiger partial charge in [0.2, 0.25) is 0 Å². The molecule has 1 heterocycles. The van der Waals surface area contributed by atoms with Crippen LogP contribution in [0.3, 0.4) is 0 Å². The molecule has 1 aromatic heterocycles. The van der Waals surface area contributed by atoms with E-state index >= 15 is 0 Å². The Balaban J connectivity index is 1.81. The first kappa shape index (κ1) is 15.1. The van der Waals surface area contributed by atoms with Crippen LogP contribution in [0.25, 0.3) is 21.7 Å². The predicted molar refractivity (Wildman–Crippen MR) is 99.1 cm³/mol. The van der Waals surface area contributed by atoms with Crippen LogP contribution in [0.2, 0.25) is 0 Å². The van der Waals surface area contributed by atoms with Gasteiger partial charge in [0.1, 0.15) is 5.58 Å². The summed E-state index contributed by atoms with van der Waals surface area (Å²) < 4.78 is 5.80. The topological polar surface area (TPSA) is 59.3 Å². The summed E-state index contributed by atoms with van der Waals surface area (Å²) >= 11 is 0. The van der Waals surface area contributed by atoms with Crippen LogP contribution in [-0.4, -0.2) is 5.91 Å². The summed E-state index contributed by atoms with van der Waals surface area (Å²) in [5.41, 5.74) is 1.94. The lowest BCUT2D eigenvalue weighted by Gasteiger charge is -2.07. The minimum absolute atomic E-state index is 0.00516. The van der Waals surface area contributed by atoms with Gasteiger partial charge in [-0.3, -0.25) is 9.59 Å². The lowest BCUT2D eigenvalue weighted by atomic mass is 10.1. The number of carbonyl (C=O) groups is 1. The lowest BCUT2D eigenvalue weighted by molar-refractivity contribution is 0.0997. The SMILES string of the molecule is Cc1ccc(NC(=O)c2cc(=O)c3ccc4ccccc4c3o2)cc1. The van der Waals surface area contributed by atoms with E-state index in [9.17, 15) is 9.59 Å². The second-order valence-electron chi connectivity index (χ2n) is 5.96. The van der Waals surface area contributed by atoms with Gasteiger partial charge in [-0.05, 0) is 30.5 Å². The minimum atomic E-state index is -0.448. The van der Waals surface area contributed by atoms with E-state index in [1.54, 1.807) is 6.07 Å². The summed E-state index contributed by atoms with van der Waals surface area (Å²) in [6.45, 7) is 1.97. The van der Waals surface area contributed by atoms with E-state index in [0.29, 0.717) is 16.7 Å². The van der Waals surface area contributed by atoms with Crippen molar-refractivity contribution in [2.75, 3.05) is 5.32 Å². The summed E-state index contributed by atoms with van der Waals surface area (Å²) in [5.74, 6) is -0.454. The second kappa shape index (κ2) is 5.91. The molecule has 0 unspecified atom stereocenters. The van der Waals surface area contributed by atoms with Crippen molar-refractivity contribution in [1.82, 2.24) is 0 Å². The highest BCUT2D eigenvalue weighted by Crippen LogP contribution is 2.24. The fraction of sp³-hybridized carbons (Fsp3) is 0.0476. The van der Waals surface area contributed by atoms with Crippen LogP contribution in [0.1, 0.15) is 16.1 Å². The molecule has 0 atom stereocenters. The van der Waals surface area contributed by atoms with E-state index in [1.807, 2.05) is 61.5 Å². The Labute approximate surface area is 143 Å². The van der Waals surface area contributed by atoms with Crippen LogP contribution in [0.4, 0.5) is 5.69 Å². The van der Waals surface area contributed by atoms with Crippen molar-refractivity contribution in [2.45, 2.75) is 6.92 Å². The Hall–Kier alpha value is -3.40. The van der Waals surface area contributed by atoms with Crippen molar-refractivity contribution in [3.05, 3.63) is 88.3 Å². The average molecular weight is 329 g/mol. The van der Waals surface area contributed by atoms with E-state index < -0.39 is 5.91 Å². The van der Waals surface area contributed by atoms with Gasteiger partial charge in [0.05, 0.1) is 5.39 Å². The Bertz CT molecular complexity index is 1160. The molecular weight excluding hydrogens is 314 g/mol. The van der Waals surface area contributed by atoms with Gasteiger partial charge in [0.15, 0.2) is 11.2 Å². The zero-order valence-electron chi connectivity index (χ0n) is 13.6. The number of hydrogen-bond acceptors (Lipinski definition) is 3. The van der Waals surface area contributed by atoms with Gasteiger partial charge in [0, 0.05) is 17.1 Å². The maximum atomic E-state index is 12.5. The second-order valence-corrected chi connectivity index (χ2v) is 5.96. The van der Waals surface area contributed by atoms with E-state index in [4.69, 9.17) is 4.42 Å². The zero-order chi connectivity index (χ0) is 17.4. The lowest BCUT2D eigenvalue weighted by Crippen LogP contribution is -2.15. The molecule has 0 saturated heterocycles. The van der Waals surface area contributed by atoms with Gasteiger partial charge in [-0.1, -0.05) is 48.0 Å². The first-order valence-electron chi connectivity index (χ1n) is 7.95. The van der Waals surface area contributed by atoms with Crippen LogP contribution in [0, 0.1) is 6.92 Å². The van der Waals surface area contributed by atoms with Gasteiger partial charge in [-0.25, -0.2) is 0 Å². The third-order valence-corrected chi connectivity index (χ3v) is 4.15. The van der Waals surface area contributed by atoms with Crippen molar-refractivity contribution in [3.8, 4) is 0 Å². The maximum absolute atomic E-state index is 12.5. The highest BCUT2D eigenvalue weighted by Gasteiger charge is 2.14. The molecule has 0 aliphatic carbocycles. The molecule has 25 heavy (non-hydrogen) atoms. The standard InChI is InChI=1S/C21H15NO3/c1-13-6-9-15(10-7-13)22-21(24)19-12-18(23)17-11-8-14-4-2-3-5-16(14)20(17)25-19/h2-12H,1H3,(H,22,24). The van der Waals surface area contributed by atoms with Crippen LogP contribution in [-0.2, 0) is 0 Å².